The summed E-state index contributed by atoms with van der Waals surface area (Å²) in [4.78, 5) is 2.47. The molecular weight excluding hydrogens is 246 g/mol. The average Bonchev–Trinajstić information content (AvgIpc) is 2.31. The van der Waals surface area contributed by atoms with Gasteiger partial charge in [0, 0.05) is 6.04 Å². The van der Waals surface area contributed by atoms with Gasteiger partial charge in [0.25, 0.3) is 0 Å². The SMILES string of the molecule is CCCN(C)[C@H]1CCc2c(O)cccc2[C@H]1C.Cl. The summed E-state index contributed by atoms with van der Waals surface area (Å²) in [5.41, 5.74) is 2.50. The van der Waals surface area contributed by atoms with Crippen LogP contribution in [0.3, 0.4) is 0 Å². The number of aromatic hydroxyl groups is 1. The van der Waals surface area contributed by atoms with Gasteiger partial charge >= 0.3 is 0 Å². The second kappa shape index (κ2) is 6.44. The van der Waals surface area contributed by atoms with Crippen LogP contribution in [0.1, 0.15) is 43.7 Å². The van der Waals surface area contributed by atoms with Crippen molar-refractivity contribution in [2.24, 2.45) is 0 Å². The van der Waals surface area contributed by atoms with Gasteiger partial charge in [-0.25, -0.2) is 0 Å². The number of phenols is 1. The van der Waals surface area contributed by atoms with Gasteiger partial charge in [0.1, 0.15) is 5.75 Å². The monoisotopic (exact) mass is 269 g/mol. The Hall–Kier alpha value is -0.730. The first-order valence-electron chi connectivity index (χ1n) is 6.66. The van der Waals surface area contributed by atoms with Crippen molar-refractivity contribution >= 4 is 12.4 Å². The summed E-state index contributed by atoms with van der Waals surface area (Å²) in [6.45, 7) is 5.67. The third-order valence-electron chi connectivity index (χ3n) is 4.09. The van der Waals surface area contributed by atoms with Gasteiger partial charge in [-0.15, -0.1) is 12.4 Å². The molecule has 102 valence electrons. The first-order chi connectivity index (χ1) is 8.15. The largest absolute Gasteiger partial charge is 0.508 e. The Morgan fingerprint density at radius 1 is 1.39 bits per heavy atom. The van der Waals surface area contributed by atoms with Gasteiger partial charge in [-0.2, -0.15) is 0 Å². The van der Waals surface area contributed by atoms with Crippen LogP contribution in [-0.4, -0.2) is 29.6 Å². The number of hydrogen-bond acceptors (Lipinski definition) is 2. The summed E-state index contributed by atoms with van der Waals surface area (Å²) in [6.07, 6.45) is 3.36. The van der Waals surface area contributed by atoms with Gasteiger partial charge in [0.2, 0.25) is 0 Å². The van der Waals surface area contributed by atoms with Crippen molar-refractivity contribution in [3.05, 3.63) is 29.3 Å². The number of likely N-dealkylation sites (N-methyl/N-ethyl adjacent to an activating group) is 1. The number of benzene rings is 1. The normalized spacial score (nSPS) is 22.4. The Bertz CT molecular complexity index is 394. The standard InChI is InChI=1S/C15H23NO.ClH/c1-4-10-16(3)14-9-8-13-12(11(14)2)6-5-7-15(13)17;/h5-7,11,14,17H,4,8-10H2,1-3H3;1H/t11-,14+;/m1./s1. The fourth-order valence-corrected chi connectivity index (χ4v) is 3.16. The zero-order valence-corrected chi connectivity index (χ0v) is 12.3. The Labute approximate surface area is 116 Å². The second-order valence-corrected chi connectivity index (χ2v) is 5.22. The molecule has 0 saturated heterocycles. The lowest BCUT2D eigenvalue weighted by molar-refractivity contribution is 0.196. The smallest absolute Gasteiger partial charge is 0.119 e. The summed E-state index contributed by atoms with van der Waals surface area (Å²) < 4.78 is 0. The number of rotatable bonds is 3. The third-order valence-corrected chi connectivity index (χ3v) is 4.09. The van der Waals surface area contributed by atoms with Crippen LogP contribution in [0.2, 0.25) is 0 Å². The molecule has 3 heteroatoms. The minimum atomic E-state index is 0. The lowest BCUT2D eigenvalue weighted by atomic mass is 9.79. The molecule has 2 nitrogen and oxygen atoms in total. The molecule has 0 unspecified atom stereocenters. The van der Waals surface area contributed by atoms with Crippen molar-refractivity contribution in [2.75, 3.05) is 13.6 Å². The maximum atomic E-state index is 9.89. The van der Waals surface area contributed by atoms with Gasteiger partial charge in [-0.3, -0.25) is 0 Å². The van der Waals surface area contributed by atoms with E-state index in [-0.39, 0.29) is 12.4 Å². The van der Waals surface area contributed by atoms with E-state index >= 15 is 0 Å². The van der Waals surface area contributed by atoms with Crippen molar-refractivity contribution in [3.8, 4) is 5.75 Å². The molecule has 1 N–H and O–H groups in total. The van der Waals surface area contributed by atoms with Crippen molar-refractivity contribution < 1.29 is 5.11 Å². The molecule has 1 aromatic rings. The molecule has 1 aliphatic rings. The molecule has 0 heterocycles. The number of halogens is 1. The van der Waals surface area contributed by atoms with E-state index < -0.39 is 0 Å². The molecule has 0 bridgehead atoms. The fourth-order valence-electron chi connectivity index (χ4n) is 3.16. The van der Waals surface area contributed by atoms with Crippen LogP contribution in [0, 0.1) is 0 Å². The van der Waals surface area contributed by atoms with Crippen LogP contribution in [0.5, 0.6) is 5.75 Å². The number of fused-ring (bicyclic) bond motifs is 1. The number of phenolic OH excluding ortho intramolecular Hbond substituents is 1. The summed E-state index contributed by atoms with van der Waals surface area (Å²) in [6, 6.07) is 6.56. The van der Waals surface area contributed by atoms with E-state index in [2.05, 4.69) is 31.9 Å². The highest BCUT2D eigenvalue weighted by Gasteiger charge is 2.29. The third kappa shape index (κ3) is 2.81. The second-order valence-electron chi connectivity index (χ2n) is 5.22. The van der Waals surface area contributed by atoms with Crippen molar-refractivity contribution in [3.63, 3.8) is 0 Å². The van der Waals surface area contributed by atoms with Crippen LogP contribution < -0.4 is 0 Å². The van der Waals surface area contributed by atoms with Crippen LogP contribution in [0.15, 0.2) is 18.2 Å². The van der Waals surface area contributed by atoms with Gasteiger partial charge in [0.15, 0.2) is 0 Å². The molecule has 0 aromatic heterocycles. The summed E-state index contributed by atoms with van der Waals surface area (Å²) in [7, 11) is 2.22. The summed E-state index contributed by atoms with van der Waals surface area (Å²) >= 11 is 0. The topological polar surface area (TPSA) is 23.5 Å². The fraction of sp³-hybridized carbons (Fsp3) is 0.600. The summed E-state index contributed by atoms with van der Waals surface area (Å²) in [5.74, 6) is 0.994. The molecular formula is C15H24ClNO. The first kappa shape index (κ1) is 15.3. The van der Waals surface area contributed by atoms with E-state index in [1.54, 1.807) is 0 Å². The van der Waals surface area contributed by atoms with Crippen LogP contribution in [-0.2, 0) is 6.42 Å². The average molecular weight is 270 g/mol. The van der Waals surface area contributed by atoms with Crippen LogP contribution in [0.4, 0.5) is 0 Å². The molecule has 18 heavy (non-hydrogen) atoms. The van der Waals surface area contributed by atoms with Crippen LogP contribution >= 0.6 is 12.4 Å². The highest BCUT2D eigenvalue weighted by Crippen LogP contribution is 2.37. The molecule has 0 spiro atoms. The summed E-state index contributed by atoms with van der Waals surface area (Å²) in [5, 5.41) is 9.89. The first-order valence-corrected chi connectivity index (χ1v) is 6.66. The quantitative estimate of drug-likeness (QED) is 0.907. The van der Waals surface area contributed by atoms with Crippen molar-refractivity contribution in [1.82, 2.24) is 4.90 Å². The van der Waals surface area contributed by atoms with Crippen LogP contribution in [0.25, 0.3) is 0 Å². The maximum absolute atomic E-state index is 9.89. The lowest BCUT2D eigenvalue weighted by Crippen LogP contribution is -2.39. The van der Waals surface area contributed by atoms with Gasteiger partial charge in [-0.05, 0) is 56.0 Å². The number of hydrogen-bond donors (Lipinski definition) is 1. The van der Waals surface area contributed by atoms with Gasteiger partial charge < -0.3 is 10.0 Å². The molecule has 0 aliphatic heterocycles. The minimum absolute atomic E-state index is 0. The van der Waals surface area contributed by atoms with Crippen molar-refractivity contribution in [1.29, 1.82) is 0 Å². The molecule has 2 rings (SSSR count). The Kier molecular flexibility index (Phi) is 5.48. The van der Waals surface area contributed by atoms with E-state index in [0.29, 0.717) is 17.7 Å². The highest BCUT2D eigenvalue weighted by atomic mass is 35.5. The molecule has 1 aromatic carbocycles. The molecule has 0 amide bonds. The van der Waals surface area contributed by atoms with E-state index in [1.165, 1.54) is 17.5 Å². The maximum Gasteiger partial charge on any atom is 0.119 e. The lowest BCUT2D eigenvalue weighted by Gasteiger charge is -2.37. The molecule has 0 saturated carbocycles. The Balaban J connectivity index is 0.00000162. The molecule has 2 atom stereocenters. The Morgan fingerprint density at radius 2 is 2.11 bits per heavy atom. The Morgan fingerprint density at radius 3 is 2.78 bits per heavy atom. The molecule has 0 fully saturated rings. The van der Waals surface area contributed by atoms with E-state index in [1.807, 2.05) is 12.1 Å². The zero-order valence-electron chi connectivity index (χ0n) is 11.5. The minimum Gasteiger partial charge on any atom is -0.508 e. The van der Waals surface area contributed by atoms with Gasteiger partial charge in [-0.1, -0.05) is 26.0 Å². The molecule has 0 radical (unpaired) electrons. The van der Waals surface area contributed by atoms with E-state index in [9.17, 15) is 5.11 Å². The molecule has 1 aliphatic carbocycles. The predicted molar refractivity (Wildman–Crippen MR) is 78.8 cm³/mol. The number of nitrogens with zero attached hydrogens (tertiary/aromatic N) is 1. The van der Waals surface area contributed by atoms with E-state index in [0.717, 1.165) is 19.4 Å². The predicted octanol–water partition coefficient (Wildman–Crippen LogP) is 3.57. The zero-order chi connectivity index (χ0) is 12.4. The van der Waals surface area contributed by atoms with Crippen molar-refractivity contribution in [2.45, 2.75) is 45.1 Å². The van der Waals surface area contributed by atoms with Gasteiger partial charge in [0.05, 0.1) is 0 Å². The highest BCUT2D eigenvalue weighted by molar-refractivity contribution is 5.85. The van der Waals surface area contributed by atoms with E-state index in [4.69, 9.17) is 0 Å².